The van der Waals surface area contributed by atoms with E-state index in [1.165, 1.54) is 39.0 Å². The van der Waals surface area contributed by atoms with Gasteiger partial charge < -0.3 is 0 Å². The molecule has 0 N–H and O–H groups in total. The monoisotopic (exact) mass is 440 g/mol. The fourth-order valence-electron chi connectivity index (χ4n) is 4.57. The van der Waals surface area contributed by atoms with Crippen molar-refractivity contribution in [1.29, 1.82) is 0 Å². The molecular weight excluding hydrogens is 404 g/mol. The van der Waals surface area contributed by atoms with Gasteiger partial charge in [0, 0.05) is 0 Å². The fraction of sp³-hybridized carbons (Fsp3) is 0.310. The zero-order valence-corrected chi connectivity index (χ0v) is 22.3. The van der Waals surface area contributed by atoms with E-state index in [1.54, 1.807) is 10.4 Å². The number of hydrogen-bond acceptors (Lipinski definition) is 0. The zero-order chi connectivity index (χ0) is 22.4. The van der Waals surface area contributed by atoms with E-state index in [2.05, 4.69) is 113 Å². The minimum Gasteiger partial charge on any atom is -0.0656 e. The molecule has 31 heavy (non-hydrogen) atoms. The highest BCUT2D eigenvalue weighted by atomic mass is 28.3. The molecule has 3 aromatic carbocycles. The van der Waals surface area contributed by atoms with Crippen LogP contribution in [0.15, 0.2) is 60.7 Å². The number of benzene rings is 3. The molecule has 160 valence electrons. The maximum atomic E-state index is 2.54. The Kier molecular flexibility index (Phi) is 5.74. The van der Waals surface area contributed by atoms with E-state index in [9.17, 15) is 0 Å². The van der Waals surface area contributed by atoms with Crippen molar-refractivity contribution in [1.82, 2.24) is 0 Å². The topological polar surface area (TPSA) is 0 Å². The van der Waals surface area contributed by atoms with Crippen LogP contribution in [0.2, 0.25) is 39.3 Å². The molecule has 0 amide bonds. The Hall–Kier alpha value is -2.17. The molecule has 0 spiro atoms. The third-order valence-corrected chi connectivity index (χ3v) is 10.6. The Morgan fingerprint density at radius 3 is 1.87 bits per heavy atom. The maximum Gasteiger partial charge on any atom is 0.0776 e. The van der Waals surface area contributed by atoms with Crippen LogP contribution in [0.5, 0.6) is 0 Å². The van der Waals surface area contributed by atoms with Crippen LogP contribution in [-0.2, 0) is 12.8 Å². The fourth-order valence-corrected chi connectivity index (χ4v) is 7.07. The predicted octanol–water partition coefficient (Wildman–Crippen LogP) is 7.10. The Bertz CT molecular complexity index is 1110. The summed E-state index contributed by atoms with van der Waals surface area (Å²) in [5.74, 6) is 0. The minimum atomic E-state index is -1.42. The first-order valence-electron chi connectivity index (χ1n) is 11.6. The standard InChI is InChI=1S/C29H36Si2/c1-8-21-14-15-23-16-24(22-12-10-9-11-13-22)19-28(23)29(21)25-17-26(30(2,3)4)20-27(18-25)31(5,6)7/h9-15,17-20H,8,16H2,1-7H3. The maximum absolute atomic E-state index is 2.54. The average Bonchev–Trinajstić information content (AvgIpc) is 3.16. The van der Waals surface area contributed by atoms with Gasteiger partial charge in [-0.05, 0) is 57.9 Å². The van der Waals surface area contributed by atoms with Crippen LogP contribution in [0.3, 0.4) is 0 Å². The van der Waals surface area contributed by atoms with Gasteiger partial charge in [-0.2, -0.15) is 0 Å². The lowest BCUT2D eigenvalue weighted by atomic mass is 9.91. The molecule has 0 nitrogen and oxygen atoms in total. The van der Waals surface area contributed by atoms with Crippen molar-refractivity contribution >= 4 is 38.2 Å². The van der Waals surface area contributed by atoms with Gasteiger partial charge in [0.2, 0.25) is 0 Å². The highest BCUT2D eigenvalue weighted by Crippen LogP contribution is 2.39. The van der Waals surface area contributed by atoms with Crippen LogP contribution in [0.25, 0.3) is 22.8 Å². The van der Waals surface area contributed by atoms with Crippen molar-refractivity contribution in [3.63, 3.8) is 0 Å². The third kappa shape index (κ3) is 4.42. The number of allylic oxidation sites excluding steroid dienone is 1. The second-order valence-electron chi connectivity index (χ2n) is 11.0. The quantitative estimate of drug-likeness (QED) is 0.371. The highest BCUT2D eigenvalue weighted by Gasteiger charge is 2.26. The van der Waals surface area contributed by atoms with Crippen molar-refractivity contribution in [3.8, 4) is 11.1 Å². The predicted molar refractivity (Wildman–Crippen MR) is 145 cm³/mol. The zero-order valence-electron chi connectivity index (χ0n) is 20.3. The van der Waals surface area contributed by atoms with Crippen molar-refractivity contribution in [2.24, 2.45) is 0 Å². The minimum absolute atomic E-state index is 1.03. The van der Waals surface area contributed by atoms with E-state index >= 15 is 0 Å². The summed E-state index contributed by atoms with van der Waals surface area (Å²) in [4.78, 5) is 0. The number of rotatable bonds is 5. The molecule has 1 aliphatic rings. The van der Waals surface area contributed by atoms with Gasteiger partial charge in [0.1, 0.15) is 0 Å². The first kappa shape index (κ1) is 22.0. The van der Waals surface area contributed by atoms with Crippen molar-refractivity contribution in [2.45, 2.75) is 59.0 Å². The molecule has 0 heterocycles. The Morgan fingerprint density at radius 2 is 1.32 bits per heavy atom. The van der Waals surface area contributed by atoms with Gasteiger partial charge in [-0.25, -0.2) is 0 Å². The van der Waals surface area contributed by atoms with Gasteiger partial charge in [0.05, 0.1) is 16.1 Å². The van der Waals surface area contributed by atoms with E-state index < -0.39 is 16.1 Å². The second kappa shape index (κ2) is 8.07. The largest absolute Gasteiger partial charge is 0.0776 e. The summed E-state index contributed by atoms with van der Waals surface area (Å²) in [5, 5.41) is 3.18. The summed E-state index contributed by atoms with van der Waals surface area (Å²) in [6, 6.07) is 23.2. The lowest BCUT2D eigenvalue weighted by Gasteiger charge is -2.25. The van der Waals surface area contributed by atoms with Crippen LogP contribution in [-0.4, -0.2) is 16.1 Å². The molecule has 1 aliphatic carbocycles. The van der Waals surface area contributed by atoms with Crippen LogP contribution in [0.1, 0.15) is 29.2 Å². The van der Waals surface area contributed by atoms with E-state index in [0.29, 0.717) is 0 Å². The molecular formula is C29H36Si2. The van der Waals surface area contributed by atoms with E-state index in [4.69, 9.17) is 0 Å². The van der Waals surface area contributed by atoms with Crippen LogP contribution < -0.4 is 10.4 Å². The molecule has 0 fully saturated rings. The molecule has 4 rings (SSSR count). The lowest BCUT2D eigenvalue weighted by Crippen LogP contribution is -2.45. The summed E-state index contributed by atoms with van der Waals surface area (Å²) in [6.07, 6.45) is 4.57. The first-order chi connectivity index (χ1) is 14.6. The Balaban J connectivity index is 1.96. The summed E-state index contributed by atoms with van der Waals surface area (Å²) < 4.78 is 0. The van der Waals surface area contributed by atoms with Crippen LogP contribution in [0, 0.1) is 0 Å². The normalized spacial score (nSPS) is 13.8. The molecule has 0 saturated carbocycles. The van der Waals surface area contributed by atoms with Crippen LogP contribution in [0.4, 0.5) is 0 Å². The summed E-state index contributed by atoms with van der Waals surface area (Å²) in [5.41, 5.74) is 10.1. The molecule has 2 heteroatoms. The van der Waals surface area contributed by atoms with E-state index in [0.717, 1.165) is 12.8 Å². The third-order valence-electron chi connectivity index (χ3n) is 6.60. The smallest absolute Gasteiger partial charge is 0.0656 e. The molecule has 0 bridgehead atoms. The van der Waals surface area contributed by atoms with Gasteiger partial charge in [-0.3, -0.25) is 0 Å². The molecule has 3 aromatic rings. The molecule has 0 aliphatic heterocycles. The van der Waals surface area contributed by atoms with Crippen molar-refractivity contribution < 1.29 is 0 Å². The highest BCUT2D eigenvalue weighted by molar-refractivity contribution is 6.91. The van der Waals surface area contributed by atoms with Gasteiger partial charge in [0.15, 0.2) is 0 Å². The van der Waals surface area contributed by atoms with E-state index in [-0.39, 0.29) is 0 Å². The van der Waals surface area contributed by atoms with Crippen LogP contribution >= 0.6 is 0 Å². The average molecular weight is 441 g/mol. The number of aryl methyl sites for hydroxylation is 1. The van der Waals surface area contributed by atoms with E-state index in [1.807, 2.05) is 0 Å². The molecule has 0 atom stereocenters. The summed E-state index contributed by atoms with van der Waals surface area (Å²) in [6.45, 7) is 17.2. The molecule has 0 aromatic heterocycles. The summed E-state index contributed by atoms with van der Waals surface area (Å²) in [7, 11) is -2.84. The van der Waals surface area contributed by atoms with Gasteiger partial charge in [0.25, 0.3) is 0 Å². The number of fused-ring (bicyclic) bond motifs is 1. The Morgan fingerprint density at radius 1 is 0.710 bits per heavy atom. The number of hydrogen-bond donors (Lipinski definition) is 0. The molecule has 0 saturated heterocycles. The SMILES string of the molecule is CCc1ccc2c(c1-c1cc([Si](C)(C)C)cc([Si](C)(C)C)c1)C=C(c1ccccc1)C2. The van der Waals surface area contributed by atoms with Gasteiger partial charge in [-0.1, -0.05) is 117 Å². The van der Waals surface area contributed by atoms with Gasteiger partial charge >= 0.3 is 0 Å². The summed E-state index contributed by atoms with van der Waals surface area (Å²) >= 11 is 0. The van der Waals surface area contributed by atoms with Crippen molar-refractivity contribution in [3.05, 3.63) is 82.9 Å². The lowest BCUT2D eigenvalue weighted by molar-refractivity contribution is 1.13. The first-order valence-corrected chi connectivity index (χ1v) is 18.6. The Labute approximate surface area is 191 Å². The van der Waals surface area contributed by atoms with Crippen molar-refractivity contribution in [2.75, 3.05) is 0 Å². The second-order valence-corrected chi connectivity index (χ2v) is 21.2. The molecule has 0 unspecified atom stereocenters. The molecule has 0 radical (unpaired) electrons. The van der Waals surface area contributed by atoms with Gasteiger partial charge in [-0.15, -0.1) is 0 Å².